The number of nitrogens with one attached hydrogen (secondary N) is 1. The lowest BCUT2D eigenvalue weighted by Crippen LogP contribution is -2.40. The zero-order chi connectivity index (χ0) is 26.8. The Morgan fingerprint density at radius 3 is 2.41 bits per heavy atom. The van der Waals surface area contributed by atoms with Gasteiger partial charge in [-0.2, -0.15) is 4.31 Å². The lowest BCUT2D eigenvalue weighted by atomic mass is 9.89. The molecule has 2 aliphatic rings. The molecule has 2 heterocycles. The molecule has 0 unspecified atom stereocenters. The van der Waals surface area contributed by atoms with Gasteiger partial charge in [0, 0.05) is 47.0 Å². The van der Waals surface area contributed by atoms with E-state index in [0.29, 0.717) is 60.6 Å². The highest BCUT2D eigenvalue weighted by molar-refractivity contribution is 7.97. The van der Waals surface area contributed by atoms with Crippen molar-refractivity contribution < 1.29 is 21.9 Å². The first kappa shape index (κ1) is 28.5. The van der Waals surface area contributed by atoms with Crippen LogP contribution in [-0.4, -0.2) is 49.1 Å². The molecule has 1 saturated heterocycles. The summed E-state index contributed by atoms with van der Waals surface area (Å²) in [6, 6.07) is 6.75. The van der Waals surface area contributed by atoms with Crippen LogP contribution in [0.15, 0.2) is 34.1 Å². The Balaban J connectivity index is 1.77. The summed E-state index contributed by atoms with van der Waals surface area (Å²) in [4.78, 5) is 0.726. The molecule has 1 saturated carbocycles. The Bertz CT molecular complexity index is 1180. The molecule has 0 atom stereocenters. The van der Waals surface area contributed by atoms with E-state index in [1.807, 2.05) is 38.3 Å². The van der Waals surface area contributed by atoms with Gasteiger partial charge in [0.05, 0.1) is 13.2 Å². The Labute approximate surface area is 224 Å². The molecular weight excluding hydrogens is 516 g/mol. The first-order chi connectivity index (χ1) is 17.5. The van der Waals surface area contributed by atoms with Crippen molar-refractivity contribution in [3.8, 4) is 11.3 Å². The second kappa shape index (κ2) is 11.7. The van der Waals surface area contributed by atoms with Crippen molar-refractivity contribution in [3.05, 3.63) is 35.5 Å². The summed E-state index contributed by atoms with van der Waals surface area (Å²) < 4.78 is 67.7. The Morgan fingerprint density at radius 1 is 1.11 bits per heavy atom. The lowest BCUT2D eigenvalue weighted by Gasteiger charge is -2.26. The van der Waals surface area contributed by atoms with Gasteiger partial charge in [0.25, 0.3) is 6.43 Å². The van der Waals surface area contributed by atoms with Crippen LogP contribution >= 0.6 is 11.9 Å². The molecule has 10 heteroatoms. The van der Waals surface area contributed by atoms with Gasteiger partial charge in [-0.15, -0.1) is 0 Å². The number of aromatic nitrogens is 1. The molecule has 1 aliphatic heterocycles. The van der Waals surface area contributed by atoms with E-state index in [9.17, 15) is 17.2 Å². The standard InChI is InChI=1S/C27H39F2N3O3S2/c1-19-25(37(33,34)31-12-14-35-15-13-31)17-23(32(19)18-20-8-6-5-7-9-20)21-10-11-24(22(16-21)26(28)29)36-30-27(2,3)4/h10-11,16-17,20,26,30H,5-9,12-15,18H2,1-4H3. The summed E-state index contributed by atoms with van der Waals surface area (Å²) in [7, 11) is -3.73. The number of benzene rings is 1. The molecule has 1 aliphatic carbocycles. The van der Waals surface area contributed by atoms with Gasteiger partial charge in [-0.05, 0) is 82.2 Å². The van der Waals surface area contributed by atoms with E-state index >= 15 is 0 Å². The fourth-order valence-corrected chi connectivity index (χ4v) is 7.56. The highest BCUT2D eigenvalue weighted by Crippen LogP contribution is 2.38. The number of hydrogen-bond acceptors (Lipinski definition) is 5. The van der Waals surface area contributed by atoms with E-state index in [4.69, 9.17) is 4.74 Å². The highest BCUT2D eigenvalue weighted by Gasteiger charge is 2.32. The minimum Gasteiger partial charge on any atom is -0.379 e. The van der Waals surface area contributed by atoms with Gasteiger partial charge < -0.3 is 9.30 Å². The first-order valence-electron chi connectivity index (χ1n) is 13.1. The number of alkyl halides is 2. The molecule has 6 nitrogen and oxygen atoms in total. The van der Waals surface area contributed by atoms with E-state index in [-0.39, 0.29) is 16.0 Å². The molecule has 2 aromatic rings. The van der Waals surface area contributed by atoms with Crippen molar-refractivity contribution >= 4 is 22.0 Å². The third kappa shape index (κ3) is 6.76. The van der Waals surface area contributed by atoms with Crippen LogP contribution in [0.4, 0.5) is 8.78 Å². The summed E-state index contributed by atoms with van der Waals surface area (Å²) in [5.74, 6) is 0.443. The van der Waals surface area contributed by atoms with Crippen LogP contribution in [-0.2, 0) is 21.3 Å². The first-order valence-corrected chi connectivity index (χ1v) is 15.4. The SMILES string of the molecule is Cc1c(S(=O)(=O)N2CCOCC2)cc(-c2ccc(SNC(C)(C)C)c(C(F)F)c2)n1CC1CCCCC1. The molecule has 1 aromatic carbocycles. The second-order valence-electron chi connectivity index (χ2n) is 11.1. The maximum absolute atomic E-state index is 14.2. The largest absolute Gasteiger partial charge is 0.379 e. The number of rotatable bonds is 8. The molecule has 206 valence electrons. The minimum atomic E-state index is -3.73. The molecule has 4 rings (SSSR count). The Hall–Kier alpha value is -1.46. The van der Waals surface area contributed by atoms with Crippen molar-refractivity contribution in [2.75, 3.05) is 26.3 Å². The van der Waals surface area contributed by atoms with Crippen molar-refractivity contribution in [2.45, 2.75) is 88.1 Å². The average molecular weight is 556 g/mol. The summed E-state index contributed by atoms with van der Waals surface area (Å²) in [5.41, 5.74) is 1.66. The summed E-state index contributed by atoms with van der Waals surface area (Å²) in [5, 5.41) is 0. The van der Waals surface area contributed by atoms with Gasteiger partial charge in [0.15, 0.2) is 0 Å². The average Bonchev–Trinajstić information content (AvgIpc) is 3.20. The Morgan fingerprint density at radius 2 is 1.78 bits per heavy atom. The van der Waals surface area contributed by atoms with Gasteiger partial charge in [-0.1, -0.05) is 25.3 Å². The fraction of sp³-hybridized carbons (Fsp3) is 0.630. The predicted octanol–water partition coefficient (Wildman–Crippen LogP) is 6.40. The summed E-state index contributed by atoms with van der Waals surface area (Å²) >= 11 is 1.20. The van der Waals surface area contributed by atoms with E-state index < -0.39 is 16.4 Å². The van der Waals surface area contributed by atoms with E-state index in [1.54, 1.807) is 12.1 Å². The fourth-order valence-electron chi connectivity index (χ4n) is 5.09. The molecule has 0 bridgehead atoms. The maximum Gasteiger partial charge on any atom is 0.264 e. The maximum atomic E-state index is 14.2. The van der Waals surface area contributed by atoms with Gasteiger partial charge in [0.2, 0.25) is 10.0 Å². The zero-order valence-corrected chi connectivity index (χ0v) is 23.9. The van der Waals surface area contributed by atoms with Gasteiger partial charge in [0.1, 0.15) is 4.90 Å². The number of morpholine rings is 1. The quantitative estimate of drug-likeness (QED) is 0.382. The smallest absolute Gasteiger partial charge is 0.264 e. The van der Waals surface area contributed by atoms with Crippen LogP contribution in [0.3, 0.4) is 0 Å². The normalized spacial score (nSPS) is 18.6. The monoisotopic (exact) mass is 555 g/mol. The van der Waals surface area contributed by atoms with Gasteiger partial charge in [-0.25, -0.2) is 17.2 Å². The molecule has 2 fully saturated rings. The van der Waals surface area contributed by atoms with Crippen LogP contribution in [0.25, 0.3) is 11.3 Å². The molecule has 0 radical (unpaired) electrons. The van der Waals surface area contributed by atoms with Crippen molar-refractivity contribution in [1.29, 1.82) is 0 Å². The van der Waals surface area contributed by atoms with E-state index in [0.717, 1.165) is 12.8 Å². The zero-order valence-electron chi connectivity index (χ0n) is 22.2. The third-order valence-electron chi connectivity index (χ3n) is 7.08. The third-order valence-corrected chi connectivity index (χ3v) is 10.4. The summed E-state index contributed by atoms with van der Waals surface area (Å²) in [6.07, 6.45) is 3.11. The molecule has 1 N–H and O–H groups in total. The topological polar surface area (TPSA) is 63.6 Å². The van der Waals surface area contributed by atoms with Crippen LogP contribution in [0.5, 0.6) is 0 Å². The van der Waals surface area contributed by atoms with Crippen LogP contribution in [0.1, 0.15) is 70.6 Å². The number of hydrogen-bond donors (Lipinski definition) is 1. The number of halogens is 2. The van der Waals surface area contributed by atoms with E-state index in [1.165, 1.54) is 41.6 Å². The lowest BCUT2D eigenvalue weighted by molar-refractivity contribution is 0.0730. The molecule has 0 amide bonds. The van der Waals surface area contributed by atoms with Crippen LogP contribution in [0, 0.1) is 12.8 Å². The predicted molar refractivity (Wildman–Crippen MR) is 144 cm³/mol. The number of sulfonamides is 1. The van der Waals surface area contributed by atoms with Crippen molar-refractivity contribution in [1.82, 2.24) is 13.6 Å². The van der Waals surface area contributed by atoms with Gasteiger partial charge in [-0.3, -0.25) is 4.72 Å². The Kier molecular flexibility index (Phi) is 9.05. The second-order valence-corrected chi connectivity index (χ2v) is 13.9. The van der Waals surface area contributed by atoms with E-state index in [2.05, 4.69) is 4.72 Å². The highest BCUT2D eigenvalue weighted by atomic mass is 32.2. The number of ether oxygens (including phenoxy) is 1. The van der Waals surface area contributed by atoms with Crippen LogP contribution < -0.4 is 4.72 Å². The van der Waals surface area contributed by atoms with Gasteiger partial charge >= 0.3 is 0 Å². The minimum absolute atomic E-state index is 0.0556. The summed E-state index contributed by atoms with van der Waals surface area (Å²) in [6.45, 7) is 9.83. The van der Waals surface area contributed by atoms with Crippen molar-refractivity contribution in [2.24, 2.45) is 5.92 Å². The number of nitrogens with zero attached hydrogens (tertiary/aromatic N) is 2. The van der Waals surface area contributed by atoms with Crippen LogP contribution in [0.2, 0.25) is 0 Å². The van der Waals surface area contributed by atoms with Crippen molar-refractivity contribution in [3.63, 3.8) is 0 Å². The molecule has 1 aromatic heterocycles. The molecular formula is C27H39F2N3O3S2. The molecule has 0 spiro atoms. The molecule has 37 heavy (non-hydrogen) atoms.